The van der Waals surface area contributed by atoms with Crippen LogP contribution in [0, 0.1) is 0 Å². The molecule has 0 bridgehead atoms. The second-order valence-electron chi connectivity index (χ2n) is 5.88. The summed E-state index contributed by atoms with van der Waals surface area (Å²) in [7, 11) is 0. The first-order valence-corrected chi connectivity index (χ1v) is 9.99. The fourth-order valence-corrected chi connectivity index (χ4v) is 4.03. The Hall–Kier alpha value is -1.83. The van der Waals surface area contributed by atoms with Gasteiger partial charge in [-0.3, -0.25) is 9.52 Å². The molecule has 1 heterocycles. The van der Waals surface area contributed by atoms with E-state index < -0.39 is 11.5 Å². The van der Waals surface area contributed by atoms with Crippen LogP contribution in [0.2, 0.25) is 0 Å². The molecular formula is C19H18F2N2OS2. The maximum atomic E-state index is 13.9. The minimum atomic E-state index is -3.08. The van der Waals surface area contributed by atoms with Crippen molar-refractivity contribution < 1.29 is 8.78 Å². The molecule has 0 fully saturated rings. The van der Waals surface area contributed by atoms with Gasteiger partial charge in [-0.05, 0) is 48.0 Å². The molecule has 0 radical (unpaired) electrons. The number of aromatic amines is 1. The third-order valence-corrected chi connectivity index (χ3v) is 5.55. The third kappa shape index (κ3) is 4.28. The van der Waals surface area contributed by atoms with E-state index in [1.165, 1.54) is 22.4 Å². The zero-order valence-electron chi connectivity index (χ0n) is 14.3. The van der Waals surface area contributed by atoms with Crippen LogP contribution in [0.1, 0.15) is 18.1 Å². The Kier molecular flexibility index (Phi) is 5.70. The maximum absolute atomic E-state index is 13.9. The van der Waals surface area contributed by atoms with E-state index in [0.717, 1.165) is 17.9 Å². The number of rotatable bonds is 6. The molecule has 0 atom stereocenters. The molecule has 0 amide bonds. The van der Waals surface area contributed by atoms with Crippen LogP contribution in [0.15, 0.2) is 63.1 Å². The number of hydrogen-bond donors (Lipinski definition) is 2. The maximum Gasteiger partial charge on any atom is 0.271 e. The molecule has 2 N–H and O–H groups in total. The van der Waals surface area contributed by atoms with Gasteiger partial charge in [-0.1, -0.05) is 18.2 Å². The lowest BCUT2D eigenvalue weighted by Crippen LogP contribution is -2.15. The van der Waals surface area contributed by atoms with E-state index in [0.29, 0.717) is 17.4 Å². The molecule has 0 saturated carbocycles. The van der Waals surface area contributed by atoms with Crippen molar-refractivity contribution in [2.45, 2.75) is 29.2 Å². The molecule has 26 heavy (non-hydrogen) atoms. The summed E-state index contributed by atoms with van der Waals surface area (Å²) in [5, 5.41) is 0.355. The molecule has 3 rings (SSSR count). The van der Waals surface area contributed by atoms with E-state index in [9.17, 15) is 13.6 Å². The molecule has 136 valence electrons. The lowest BCUT2D eigenvalue weighted by atomic mass is 10.0. The van der Waals surface area contributed by atoms with Gasteiger partial charge in [0.2, 0.25) is 5.56 Å². The Labute approximate surface area is 158 Å². The number of benzene rings is 2. The summed E-state index contributed by atoms with van der Waals surface area (Å²) in [6, 6.07) is 14.2. The highest BCUT2D eigenvalue weighted by Crippen LogP contribution is 2.33. The highest BCUT2D eigenvalue weighted by Gasteiger charge is 2.27. The van der Waals surface area contributed by atoms with Crippen molar-refractivity contribution in [3.8, 4) is 0 Å². The van der Waals surface area contributed by atoms with E-state index >= 15 is 0 Å². The van der Waals surface area contributed by atoms with Gasteiger partial charge in [0, 0.05) is 45.8 Å². The van der Waals surface area contributed by atoms with Crippen LogP contribution in [0.3, 0.4) is 0 Å². The van der Waals surface area contributed by atoms with Gasteiger partial charge in [-0.2, -0.15) is 0 Å². The number of pyridine rings is 1. The summed E-state index contributed by atoms with van der Waals surface area (Å²) in [5.74, 6) is -3.08. The van der Waals surface area contributed by atoms with Crippen LogP contribution in [0.4, 0.5) is 8.78 Å². The molecule has 7 heteroatoms. The molecule has 3 nitrogen and oxygen atoms in total. The number of nitrogens with one attached hydrogen (secondary N) is 2. The molecule has 0 saturated heterocycles. The summed E-state index contributed by atoms with van der Waals surface area (Å²) in [5.41, 5.74) is 0.803. The molecule has 0 aliphatic rings. The van der Waals surface area contributed by atoms with E-state index in [1.807, 2.05) is 18.4 Å². The minimum absolute atomic E-state index is 0.258. The van der Waals surface area contributed by atoms with Crippen molar-refractivity contribution in [2.75, 3.05) is 6.26 Å². The Bertz CT molecular complexity index is 983. The van der Waals surface area contributed by atoms with Crippen LogP contribution in [-0.4, -0.2) is 11.2 Å². The number of H-pyrrole nitrogens is 1. The highest BCUT2D eigenvalue weighted by atomic mass is 32.2. The summed E-state index contributed by atoms with van der Waals surface area (Å²) in [4.78, 5) is 16.2. The summed E-state index contributed by atoms with van der Waals surface area (Å²) in [6.07, 6.45) is 2.03. The van der Waals surface area contributed by atoms with Crippen LogP contribution in [0.25, 0.3) is 10.9 Å². The molecule has 2 aromatic carbocycles. The van der Waals surface area contributed by atoms with Crippen molar-refractivity contribution in [1.82, 2.24) is 9.71 Å². The molecule has 3 aromatic rings. The second kappa shape index (κ2) is 7.82. The van der Waals surface area contributed by atoms with Crippen LogP contribution >= 0.6 is 23.7 Å². The quantitative estimate of drug-likeness (QED) is 0.449. The van der Waals surface area contributed by atoms with E-state index in [-0.39, 0.29) is 5.56 Å². The monoisotopic (exact) mass is 392 g/mol. The Balaban J connectivity index is 1.83. The van der Waals surface area contributed by atoms with Gasteiger partial charge in [-0.15, -0.1) is 11.8 Å². The van der Waals surface area contributed by atoms with Crippen molar-refractivity contribution in [3.63, 3.8) is 0 Å². The van der Waals surface area contributed by atoms with Gasteiger partial charge < -0.3 is 4.98 Å². The smallest absolute Gasteiger partial charge is 0.271 e. The summed E-state index contributed by atoms with van der Waals surface area (Å²) in [6.45, 7) is 1.46. The average Bonchev–Trinajstić information content (AvgIpc) is 2.61. The standard InChI is InChI=1S/C19H18F2N2OS2/c1-19(20,21)15-10-18(24)23-16-8-7-13(9-14(15)16)26-22-11-12-5-3-4-6-17(12)25-2/h3-10,22H,11H2,1-2H3,(H,23,24). The molecule has 0 spiro atoms. The third-order valence-electron chi connectivity index (χ3n) is 3.93. The van der Waals surface area contributed by atoms with Crippen molar-refractivity contribution >= 4 is 34.6 Å². The largest absolute Gasteiger partial charge is 0.322 e. The minimum Gasteiger partial charge on any atom is -0.322 e. The van der Waals surface area contributed by atoms with Crippen LogP contribution in [0.5, 0.6) is 0 Å². The zero-order chi connectivity index (χ0) is 18.7. The van der Waals surface area contributed by atoms with Crippen molar-refractivity contribution in [2.24, 2.45) is 0 Å². The molecular weight excluding hydrogens is 374 g/mol. The van der Waals surface area contributed by atoms with Crippen LogP contribution in [-0.2, 0) is 12.5 Å². The number of thioether (sulfide) groups is 1. The summed E-state index contributed by atoms with van der Waals surface area (Å²) >= 11 is 3.06. The molecule has 0 unspecified atom stereocenters. The topological polar surface area (TPSA) is 44.9 Å². The van der Waals surface area contributed by atoms with Gasteiger partial charge in [0.05, 0.1) is 0 Å². The van der Waals surface area contributed by atoms with Gasteiger partial charge in [-0.25, -0.2) is 8.78 Å². The van der Waals surface area contributed by atoms with Gasteiger partial charge >= 0.3 is 0 Å². The highest BCUT2D eigenvalue weighted by molar-refractivity contribution is 7.98. The number of fused-ring (bicyclic) bond motifs is 1. The van der Waals surface area contributed by atoms with Crippen molar-refractivity contribution in [3.05, 3.63) is 70.0 Å². The SMILES string of the molecule is CSc1ccccc1CNSc1ccc2[nH]c(=O)cc(C(C)(F)F)c2c1. The normalized spacial score (nSPS) is 11.8. The molecule has 0 aliphatic carbocycles. The lowest BCUT2D eigenvalue weighted by molar-refractivity contribution is 0.0189. The zero-order valence-corrected chi connectivity index (χ0v) is 15.9. The fourth-order valence-electron chi connectivity index (χ4n) is 2.71. The Morgan fingerprint density at radius 2 is 1.92 bits per heavy atom. The van der Waals surface area contributed by atoms with E-state index in [1.54, 1.807) is 30.0 Å². The fraction of sp³-hybridized carbons (Fsp3) is 0.211. The van der Waals surface area contributed by atoms with Gasteiger partial charge in [0.15, 0.2) is 0 Å². The van der Waals surface area contributed by atoms with Crippen LogP contribution < -0.4 is 10.3 Å². The van der Waals surface area contributed by atoms with Gasteiger partial charge in [0.1, 0.15) is 0 Å². The summed E-state index contributed by atoms with van der Waals surface area (Å²) < 4.78 is 31.0. The predicted octanol–water partition coefficient (Wildman–Crippen LogP) is 5.16. The second-order valence-corrected chi connectivity index (χ2v) is 7.69. The molecule has 1 aromatic heterocycles. The first kappa shape index (κ1) is 18.9. The van der Waals surface area contributed by atoms with E-state index in [4.69, 9.17) is 0 Å². The number of alkyl halides is 2. The van der Waals surface area contributed by atoms with Crippen molar-refractivity contribution in [1.29, 1.82) is 0 Å². The lowest BCUT2D eigenvalue weighted by Gasteiger charge is -2.14. The first-order valence-electron chi connectivity index (χ1n) is 7.95. The predicted molar refractivity (Wildman–Crippen MR) is 105 cm³/mol. The Morgan fingerprint density at radius 3 is 2.65 bits per heavy atom. The number of hydrogen-bond acceptors (Lipinski definition) is 4. The Morgan fingerprint density at radius 1 is 1.15 bits per heavy atom. The number of halogens is 2. The number of aromatic nitrogens is 1. The molecule has 0 aliphatic heterocycles. The van der Waals surface area contributed by atoms with E-state index in [2.05, 4.69) is 21.8 Å². The first-order chi connectivity index (χ1) is 12.4. The average molecular weight is 392 g/mol. The van der Waals surface area contributed by atoms with Gasteiger partial charge in [0.25, 0.3) is 5.92 Å².